The van der Waals surface area contributed by atoms with E-state index < -0.39 is 6.10 Å². The summed E-state index contributed by atoms with van der Waals surface area (Å²) in [6.07, 6.45) is 3.40. The summed E-state index contributed by atoms with van der Waals surface area (Å²) < 4.78 is 16.2. The van der Waals surface area contributed by atoms with Gasteiger partial charge in [0.1, 0.15) is 6.61 Å². The minimum Gasteiger partial charge on any atom is -0.485 e. The van der Waals surface area contributed by atoms with Crippen molar-refractivity contribution in [3.63, 3.8) is 0 Å². The number of para-hydroxylation sites is 2. The molecular weight excluding hydrogens is 270 g/mol. The van der Waals surface area contributed by atoms with E-state index in [-0.39, 0.29) is 18.6 Å². The van der Waals surface area contributed by atoms with Crippen LogP contribution in [0.5, 0.6) is 11.5 Å². The molecule has 21 heavy (non-hydrogen) atoms. The molecule has 1 amide bonds. The van der Waals surface area contributed by atoms with E-state index in [9.17, 15) is 4.79 Å². The largest absolute Gasteiger partial charge is 0.485 e. The summed E-state index contributed by atoms with van der Waals surface area (Å²) in [4.78, 5) is 12.2. The van der Waals surface area contributed by atoms with Gasteiger partial charge in [-0.25, -0.2) is 0 Å². The molecular formula is C16H17NO4. The number of ether oxygens (including phenoxy) is 2. The number of nitrogens with one attached hydrogen (secondary N) is 1. The molecule has 0 spiro atoms. The molecule has 2 aromatic rings. The van der Waals surface area contributed by atoms with Gasteiger partial charge in [0.25, 0.3) is 5.91 Å². The summed E-state index contributed by atoms with van der Waals surface area (Å²) in [5, 5.41) is 2.93. The highest BCUT2D eigenvalue weighted by molar-refractivity contribution is 5.82. The molecule has 1 aliphatic heterocycles. The number of carbonyl (C=O) groups is 1. The Morgan fingerprint density at radius 1 is 1.33 bits per heavy atom. The lowest BCUT2D eigenvalue weighted by atomic mass is 10.1. The van der Waals surface area contributed by atoms with Crippen molar-refractivity contribution < 1.29 is 18.7 Å². The first kappa shape index (κ1) is 13.5. The van der Waals surface area contributed by atoms with E-state index in [2.05, 4.69) is 5.32 Å². The van der Waals surface area contributed by atoms with Crippen LogP contribution in [0.25, 0.3) is 0 Å². The molecule has 1 aromatic carbocycles. The fourth-order valence-corrected chi connectivity index (χ4v) is 2.30. The number of hydrogen-bond donors (Lipinski definition) is 1. The van der Waals surface area contributed by atoms with E-state index in [0.717, 1.165) is 5.56 Å². The molecule has 5 nitrogen and oxygen atoms in total. The van der Waals surface area contributed by atoms with Gasteiger partial charge >= 0.3 is 0 Å². The summed E-state index contributed by atoms with van der Waals surface area (Å²) in [6, 6.07) is 9.23. The van der Waals surface area contributed by atoms with Gasteiger partial charge in [-0.3, -0.25) is 4.79 Å². The number of carbonyl (C=O) groups excluding carboxylic acids is 1. The summed E-state index contributed by atoms with van der Waals surface area (Å²) in [5.74, 6) is 1.11. The quantitative estimate of drug-likeness (QED) is 0.936. The van der Waals surface area contributed by atoms with Crippen molar-refractivity contribution in [2.24, 2.45) is 0 Å². The lowest BCUT2D eigenvalue weighted by Gasteiger charge is -2.26. The lowest BCUT2D eigenvalue weighted by molar-refractivity contribution is -0.130. The number of amides is 1. The first-order valence-electron chi connectivity index (χ1n) is 6.92. The third-order valence-corrected chi connectivity index (χ3v) is 3.31. The summed E-state index contributed by atoms with van der Waals surface area (Å²) in [7, 11) is 0. The van der Waals surface area contributed by atoms with Gasteiger partial charge in [-0.15, -0.1) is 0 Å². The zero-order valence-corrected chi connectivity index (χ0v) is 11.7. The Morgan fingerprint density at radius 3 is 2.90 bits per heavy atom. The third-order valence-electron chi connectivity index (χ3n) is 3.31. The monoisotopic (exact) mass is 287 g/mol. The Labute approximate surface area is 122 Å². The van der Waals surface area contributed by atoms with Crippen LogP contribution in [0.15, 0.2) is 47.3 Å². The fraction of sp³-hybridized carbons (Fsp3) is 0.312. The number of fused-ring (bicyclic) bond motifs is 1. The van der Waals surface area contributed by atoms with Gasteiger partial charge in [0, 0.05) is 6.04 Å². The number of rotatable bonds is 4. The highest BCUT2D eigenvalue weighted by atomic mass is 16.6. The highest BCUT2D eigenvalue weighted by Gasteiger charge is 2.27. The molecule has 0 bridgehead atoms. The minimum absolute atomic E-state index is 0.00382. The molecule has 0 fully saturated rings. The van der Waals surface area contributed by atoms with Crippen molar-refractivity contribution in [2.45, 2.75) is 25.5 Å². The number of hydrogen-bond acceptors (Lipinski definition) is 4. The van der Waals surface area contributed by atoms with Crippen LogP contribution in [0, 0.1) is 0 Å². The van der Waals surface area contributed by atoms with Gasteiger partial charge < -0.3 is 19.2 Å². The molecule has 3 rings (SSSR count). The van der Waals surface area contributed by atoms with Gasteiger partial charge in [-0.1, -0.05) is 12.1 Å². The van der Waals surface area contributed by atoms with Crippen molar-refractivity contribution in [2.75, 3.05) is 6.61 Å². The van der Waals surface area contributed by atoms with Crippen LogP contribution in [0.2, 0.25) is 0 Å². The second-order valence-corrected chi connectivity index (χ2v) is 5.11. The van der Waals surface area contributed by atoms with Crippen molar-refractivity contribution in [1.29, 1.82) is 0 Å². The molecule has 2 heterocycles. The molecule has 0 unspecified atom stereocenters. The molecule has 1 N–H and O–H groups in total. The predicted molar refractivity (Wildman–Crippen MR) is 76.4 cm³/mol. The van der Waals surface area contributed by atoms with Crippen molar-refractivity contribution in [1.82, 2.24) is 5.32 Å². The second kappa shape index (κ2) is 5.91. The van der Waals surface area contributed by atoms with Gasteiger partial charge in [-0.2, -0.15) is 0 Å². The van der Waals surface area contributed by atoms with Crippen LogP contribution in [-0.4, -0.2) is 24.7 Å². The van der Waals surface area contributed by atoms with Crippen molar-refractivity contribution in [3.05, 3.63) is 48.4 Å². The molecule has 0 aliphatic carbocycles. The van der Waals surface area contributed by atoms with Crippen LogP contribution >= 0.6 is 0 Å². The summed E-state index contributed by atoms with van der Waals surface area (Å²) >= 11 is 0. The average Bonchev–Trinajstić information content (AvgIpc) is 2.99. The molecule has 2 atom stereocenters. The SMILES string of the molecule is C[C@H](Cc1ccoc1)NC(=O)[C@@H]1COc2ccccc2O1. The highest BCUT2D eigenvalue weighted by Crippen LogP contribution is 2.30. The normalized spacial score (nSPS) is 18.0. The zero-order valence-electron chi connectivity index (χ0n) is 11.7. The van der Waals surface area contributed by atoms with Crippen LogP contribution in [0.4, 0.5) is 0 Å². The van der Waals surface area contributed by atoms with Crippen LogP contribution in [0.1, 0.15) is 12.5 Å². The zero-order chi connectivity index (χ0) is 14.7. The molecule has 1 aromatic heterocycles. The van der Waals surface area contributed by atoms with E-state index in [0.29, 0.717) is 17.9 Å². The van der Waals surface area contributed by atoms with Gasteiger partial charge in [-0.05, 0) is 37.1 Å². The minimum atomic E-state index is -0.619. The van der Waals surface area contributed by atoms with E-state index >= 15 is 0 Å². The maximum Gasteiger partial charge on any atom is 0.264 e. The standard InChI is InChI=1S/C16H17NO4/c1-11(8-12-6-7-19-9-12)17-16(18)15-10-20-13-4-2-3-5-14(13)21-15/h2-7,9,11,15H,8,10H2,1H3,(H,17,18)/t11-,15+/m1/s1. The predicted octanol–water partition coefficient (Wildman–Crippen LogP) is 2.17. The van der Waals surface area contributed by atoms with E-state index in [1.165, 1.54) is 0 Å². The molecule has 0 radical (unpaired) electrons. The third kappa shape index (κ3) is 3.18. The molecule has 0 saturated heterocycles. The summed E-state index contributed by atoms with van der Waals surface area (Å²) in [5.41, 5.74) is 1.05. The fourth-order valence-electron chi connectivity index (χ4n) is 2.30. The smallest absolute Gasteiger partial charge is 0.264 e. The molecule has 110 valence electrons. The molecule has 5 heteroatoms. The number of furan rings is 1. The van der Waals surface area contributed by atoms with Crippen LogP contribution in [0.3, 0.4) is 0 Å². The Hall–Kier alpha value is -2.43. The van der Waals surface area contributed by atoms with Crippen LogP contribution in [-0.2, 0) is 11.2 Å². The summed E-state index contributed by atoms with van der Waals surface area (Å²) in [6.45, 7) is 2.17. The maximum absolute atomic E-state index is 12.2. The average molecular weight is 287 g/mol. The van der Waals surface area contributed by atoms with Gasteiger partial charge in [0.15, 0.2) is 11.5 Å². The maximum atomic E-state index is 12.2. The Balaban J connectivity index is 1.56. The van der Waals surface area contributed by atoms with Gasteiger partial charge in [0.2, 0.25) is 6.10 Å². The van der Waals surface area contributed by atoms with Gasteiger partial charge in [0.05, 0.1) is 12.5 Å². The Morgan fingerprint density at radius 2 is 2.14 bits per heavy atom. The van der Waals surface area contributed by atoms with E-state index in [1.54, 1.807) is 18.6 Å². The lowest BCUT2D eigenvalue weighted by Crippen LogP contribution is -2.47. The van der Waals surface area contributed by atoms with E-state index in [1.807, 2.05) is 31.2 Å². The topological polar surface area (TPSA) is 60.7 Å². The van der Waals surface area contributed by atoms with Crippen LogP contribution < -0.4 is 14.8 Å². The second-order valence-electron chi connectivity index (χ2n) is 5.11. The molecule has 0 saturated carbocycles. The van der Waals surface area contributed by atoms with E-state index in [4.69, 9.17) is 13.9 Å². The van der Waals surface area contributed by atoms with Crippen molar-refractivity contribution in [3.8, 4) is 11.5 Å². The number of benzene rings is 1. The van der Waals surface area contributed by atoms with Crippen molar-refractivity contribution >= 4 is 5.91 Å². The first-order chi connectivity index (χ1) is 10.2. The molecule has 1 aliphatic rings. The Kier molecular flexibility index (Phi) is 3.81. The first-order valence-corrected chi connectivity index (χ1v) is 6.92. The Bertz CT molecular complexity index is 608.